The molecule has 6 heteroatoms. The van der Waals surface area contributed by atoms with Gasteiger partial charge in [0.15, 0.2) is 0 Å². The summed E-state index contributed by atoms with van der Waals surface area (Å²) in [6.07, 6.45) is 5.71. The number of ether oxygens (including phenoxy) is 1. The van der Waals surface area contributed by atoms with E-state index in [1.807, 2.05) is 49.8 Å². The molecule has 2 heterocycles. The van der Waals surface area contributed by atoms with Crippen molar-refractivity contribution in [2.45, 2.75) is 52.7 Å². The predicted molar refractivity (Wildman–Crippen MR) is 90.1 cm³/mol. The summed E-state index contributed by atoms with van der Waals surface area (Å²) in [6.45, 7) is 11.3. The van der Waals surface area contributed by atoms with E-state index in [0.717, 1.165) is 39.0 Å². The number of aryl methyl sites for hydroxylation is 1. The highest BCUT2D eigenvalue weighted by molar-refractivity contribution is 5.68. The van der Waals surface area contributed by atoms with Crippen molar-refractivity contribution in [3.8, 4) is 0 Å². The van der Waals surface area contributed by atoms with Crippen LogP contribution in [0.15, 0.2) is 12.4 Å². The van der Waals surface area contributed by atoms with Crippen molar-refractivity contribution in [2.24, 2.45) is 12.5 Å². The Morgan fingerprint density at radius 1 is 1.39 bits per heavy atom. The van der Waals surface area contributed by atoms with Crippen LogP contribution in [0.1, 0.15) is 46.1 Å². The largest absolute Gasteiger partial charge is 0.444 e. The summed E-state index contributed by atoms with van der Waals surface area (Å²) in [5.41, 5.74) is 0.992. The Hall–Kier alpha value is -1.56. The van der Waals surface area contributed by atoms with Crippen LogP contribution in [0, 0.1) is 5.41 Å². The van der Waals surface area contributed by atoms with Crippen LogP contribution in [-0.4, -0.2) is 46.0 Å². The number of carbonyl (C=O) groups is 1. The van der Waals surface area contributed by atoms with E-state index in [4.69, 9.17) is 4.74 Å². The molecule has 1 fully saturated rings. The zero-order valence-corrected chi connectivity index (χ0v) is 15.1. The first-order valence-corrected chi connectivity index (χ1v) is 8.33. The molecular formula is C17H30N4O2. The van der Waals surface area contributed by atoms with Gasteiger partial charge in [-0.25, -0.2) is 4.79 Å². The van der Waals surface area contributed by atoms with Crippen molar-refractivity contribution in [1.82, 2.24) is 20.0 Å². The average Bonchev–Trinajstić information content (AvgIpc) is 2.83. The van der Waals surface area contributed by atoms with Crippen molar-refractivity contribution in [1.29, 1.82) is 0 Å². The van der Waals surface area contributed by atoms with Crippen LogP contribution in [0.25, 0.3) is 0 Å². The van der Waals surface area contributed by atoms with Gasteiger partial charge < -0.3 is 15.0 Å². The Morgan fingerprint density at radius 2 is 2.04 bits per heavy atom. The first kappa shape index (κ1) is 17.8. The average molecular weight is 322 g/mol. The molecule has 2 rings (SSSR count). The molecule has 1 aromatic rings. The van der Waals surface area contributed by atoms with E-state index in [-0.39, 0.29) is 11.5 Å². The maximum absolute atomic E-state index is 12.1. The third-order valence-electron chi connectivity index (χ3n) is 4.26. The molecule has 0 saturated carbocycles. The molecule has 1 aliphatic rings. The number of aromatic nitrogens is 2. The number of nitrogens with one attached hydrogen (secondary N) is 1. The number of nitrogens with zero attached hydrogens (tertiary/aromatic N) is 3. The lowest BCUT2D eigenvalue weighted by Gasteiger charge is -2.39. The number of hydrogen-bond donors (Lipinski definition) is 1. The zero-order valence-electron chi connectivity index (χ0n) is 15.1. The molecular weight excluding hydrogens is 292 g/mol. The van der Waals surface area contributed by atoms with E-state index in [9.17, 15) is 4.79 Å². The van der Waals surface area contributed by atoms with E-state index in [0.29, 0.717) is 0 Å². The lowest BCUT2D eigenvalue weighted by atomic mass is 9.80. The van der Waals surface area contributed by atoms with E-state index >= 15 is 0 Å². The number of amides is 1. The minimum Gasteiger partial charge on any atom is -0.444 e. The second-order valence-corrected chi connectivity index (χ2v) is 7.90. The molecule has 6 nitrogen and oxygen atoms in total. The Kier molecular flexibility index (Phi) is 5.34. The standard InChI is InChI=1S/C17H30N4O2/c1-16(2,3)23-15(22)21-8-6-17(4,7-9-21)13-18-10-14-11-19-20(5)12-14/h11-12,18H,6-10,13H2,1-5H3. The summed E-state index contributed by atoms with van der Waals surface area (Å²) in [5, 5.41) is 7.70. The third-order valence-corrected chi connectivity index (χ3v) is 4.26. The van der Waals surface area contributed by atoms with Gasteiger partial charge in [-0.05, 0) is 39.0 Å². The lowest BCUT2D eigenvalue weighted by molar-refractivity contribution is 0.0119. The van der Waals surface area contributed by atoms with Gasteiger partial charge in [-0.2, -0.15) is 5.10 Å². The fourth-order valence-corrected chi connectivity index (χ4v) is 2.80. The molecule has 1 aromatic heterocycles. The van der Waals surface area contributed by atoms with E-state index in [2.05, 4.69) is 17.3 Å². The molecule has 0 aliphatic carbocycles. The zero-order chi connectivity index (χ0) is 17.1. The maximum Gasteiger partial charge on any atom is 0.410 e. The fraction of sp³-hybridized carbons (Fsp3) is 0.765. The summed E-state index contributed by atoms with van der Waals surface area (Å²) in [7, 11) is 1.93. The summed E-state index contributed by atoms with van der Waals surface area (Å²) in [6, 6.07) is 0. The Labute approximate surface area is 139 Å². The summed E-state index contributed by atoms with van der Waals surface area (Å²) in [5.74, 6) is 0. The molecule has 0 radical (unpaired) electrons. The highest BCUT2D eigenvalue weighted by atomic mass is 16.6. The van der Waals surface area contributed by atoms with Gasteiger partial charge in [0.1, 0.15) is 5.60 Å². The molecule has 0 bridgehead atoms. The molecule has 1 aliphatic heterocycles. The van der Waals surface area contributed by atoms with Crippen molar-refractivity contribution in [3.05, 3.63) is 18.0 Å². The smallest absolute Gasteiger partial charge is 0.410 e. The second kappa shape index (κ2) is 6.91. The second-order valence-electron chi connectivity index (χ2n) is 7.90. The number of hydrogen-bond acceptors (Lipinski definition) is 4. The predicted octanol–water partition coefficient (Wildman–Crippen LogP) is 2.55. The lowest BCUT2D eigenvalue weighted by Crippen LogP contribution is -2.47. The molecule has 1 saturated heterocycles. The van der Waals surface area contributed by atoms with Gasteiger partial charge in [-0.15, -0.1) is 0 Å². The number of piperidine rings is 1. The van der Waals surface area contributed by atoms with Crippen molar-refractivity contribution in [2.75, 3.05) is 19.6 Å². The Bertz CT molecular complexity index is 525. The summed E-state index contributed by atoms with van der Waals surface area (Å²) >= 11 is 0. The van der Waals surface area contributed by atoms with Gasteiger partial charge in [0.05, 0.1) is 6.20 Å². The van der Waals surface area contributed by atoms with Crippen molar-refractivity contribution in [3.63, 3.8) is 0 Å². The maximum atomic E-state index is 12.1. The summed E-state index contributed by atoms with van der Waals surface area (Å²) in [4.78, 5) is 13.9. The highest BCUT2D eigenvalue weighted by Crippen LogP contribution is 2.30. The highest BCUT2D eigenvalue weighted by Gasteiger charge is 2.33. The third kappa shape index (κ3) is 5.53. The molecule has 23 heavy (non-hydrogen) atoms. The molecule has 0 atom stereocenters. The summed E-state index contributed by atoms with van der Waals surface area (Å²) < 4.78 is 7.27. The molecule has 1 N–H and O–H groups in total. The van der Waals surface area contributed by atoms with E-state index < -0.39 is 5.60 Å². The Morgan fingerprint density at radius 3 is 2.57 bits per heavy atom. The SMILES string of the molecule is Cn1cc(CNCC2(C)CCN(C(=O)OC(C)(C)C)CC2)cn1. The number of likely N-dealkylation sites (tertiary alicyclic amines) is 1. The quantitative estimate of drug-likeness (QED) is 0.925. The van der Waals surface area contributed by atoms with Crippen LogP contribution in [0.3, 0.4) is 0 Å². The number of carbonyl (C=O) groups excluding carboxylic acids is 1. The topological polar surface area (TPSA) is 59.4 Å². The first-order valence-electron chi connectivity index (χ1n) is 8.33. The van der Waals surface area contributed by atoms with E-state index in [1.54, 1.807) is 0 Å². The molecule has 0 unspecified atom stereocenters. The van der Waals surface area contributed by atoms with E-state index in [1.165, 1.54) is 5.56 Å². The van der Waals surface area contributed by atoms with Crippen LogP contribution >= 0.6 is 0 Å². The monoisotopic (exact) mass is 322 g/mol. The van der Waals surface area contributed by atoms with Gasteiger partial charge in [0, 0.05) is 45.0 Å². The Balaban J connectivity index is 1.74. The minimum absolute atomic E-state index is 0.192. The minimum atomic E-state index is -0.427. The molecule has 0 aromatic carbocycles. The van der Waals surface area contributed by atoms with Crippen LogP contribution in [0.2, 0.25) is 0 Å². The normalized spacial score (nSPS) is 18.0. The van der Waals surface area contributed by atoms with Gasteiger partial charge in [-0.1, -0.05) is 6.92 Å². The number of rotatable bonds is 4. The van der Waals surface area contributed by atoms with Crippen LogP contribution < -0.4 is 5.32 Å². The van der Waals surface area contributed by atoms with Gasteiger partial charge in [0.25, 0.3) is 0 Å². The first-order chi connectivity index (χ1) is 10.7. The fourth-order valence-electron chi connectivity index (χ4n) is 2.80. The van der Waals surface area contributed by atoms with Gasteiger partial charge >= 0.3 is 6.09 Å². The van der Waals surface area contributed by atoms with Crippen molar-refractivity contribution < 1.29 is 9.53 Å². The van der Waals surface area contributed by atoms with Crippen LogP contribution in [-0.2, 0) is 18.3 Å². The molecule has 0 spiro atoms. The van der Waals surface area contributed by atoms with Crippen LogP contribution in [0.5, 0.6) is 0 Å². The van der Waals surface area contributed by atoms with Gasteiger partial charge in [0.2, 0.25) is 0 Å². The van der Waals surface area contributed by atoms with Crippen molar-refractivity contribution >= 4 is 6.09 Å². The van der Waals surface area contributed by atoms with Crippen LogP contribution in [0.4, 0.5) is 4.79 Å². The van der Waals surface area contributed by atoms with Gasteiger partial charge in [-0.3, -0.25) is 4.68 Å². The molecule has 1 amide bonds. The molecule has 130 valence electrons.